The van der Waals surface area contributed by atoms with Gasteiger partial charge in [-0.2, -0.15) is 0 Å². The van der Waals surface area contributed by atoms with Crippen molar-refractivity contribution in [1.82, 2.24) is 15.1 Å². The van der Waals surface area contributed by atoms with Crippen molar-refractivity contribution < 1.29 is 31.9 Å². The molecule has 2 fully saturated rings. The topological polar surface area (TPSA) is 117 Å². The summed E-state index contributed by atoms with van der Waals surface area (Å²) >= 11 is 0. The molecule has 0 aliphatic carbocycles. The third-order valence-electron chi connectivity index (χ3n) is 7.98. The molecule has 0 unspecified atom stereocenters. The highest BCUT2D eigenvalue weighted by atomic mass is 32.2. The number of carbonyl (C=O) groups excluding carboxylic acids is 2. The minimum Gasteiger partial charge on any atom is -0.490 e. The Hall–Kier alpha value is -3.22. The number of rotatable bonds is 8. The van der Waals surface area contributed by atoms with Gasteiger partial charge in [0.1, 0.15) is 24.3 Å². The molecule has 222 valence electrons. The van der Waals surface area contributed by atoms with Gasteiger partial charge in [0.15, 0.2) is 0 Å². The summed E-state index contributed by atoms with van der Waals surface area (Å²) in [6.45, 7) is 3.83. The zero-order valence-corrected chi connectivity index (χ0v) is 24.0. The number of likely N-dealkylation sites (tertiary alicyclic amines) is 1. The second-order valence-corrected chi connectivity index (χ2v) is 12.6. The van der Waals surface area contributed by atoms with Crippen LogP contribution >= 0.6 is 0 Å². The van der Waals surface area contributed by atoms with Crippen LogP contribution < -0.4 is 14.8 Å². The smallest absolute Gasteiger partial charge is 0.261 e. The standard InChI is InChI=1S/C29H37FN4O6S/c1-33-25-10-9-22(18-28(35)31-12-15-34-13-3-2-4-14-34)40-27(25)19-39-26-11-8-21(17-24(26)29(33)36)32-41(37,38)23-7-5-6-20(30)16-23/h5-8,11,16-17,22,25,27,32H,2-4,9-10,12-15,18-19H2,1H3,(H,31,35)/t22-,25+,27-/m0/s1. The number of fused-ring (bicyclic) bond motifs is 2. The largest absolute Gasteiger partial charge is 0.490 e. The first-order valence-corrected chi connectivity index (χ1v) is 15.6. The molecule has 2 aromatic carbocycles. The van der Waals surface area contributed by atoms with Crippen LogP contribution in [0.25, 0.3) is 0 Å². The van der Waals surface area contributed by atoms with Gasteiger partial charge in [-0.05, 0) is 75.2 Å². The van der Waals surface area contributed by atoms with E-state index in [1.165, 1.54) is 49.6 Å². The Morgan fingerprint density at radius 3 is 2.68 bits per heavy atom. The molecule has 0 spiro atoms. The Kier molecular flexibility index (Phi) is 9.10. The molecule has 10 nitrogen and oxygen atoms in total. The second kappa shape index (κ2) is 12.7. The van der Waals surface area contributed by atoms with Crippen LogP contribution in [0, 0.1) is 5.82 Å². The predicted octanol–water partition coefficient (Wildman–Crippen LogP) is 3.00. The Labute approximate surface area is 240 Å². The molecule has 0 aromatic heterocycles. The molecule has 3 heterocycles. The van der Waals surface area contributed by atoms with Crippen LogP contribution in [0.1, 0.15) is 48.9 Å². The van der Waals surface area contributed by atoms with Crippen LogP contribution in [0.5, 0.6) is 5.75 Å². The first-order valence-electron chi connectivity index (χ1n) is 14.2. The Bertz CT molecular complexity index is 1370. The van der Waals surface area contributed by atoms with Crippen molar-refractivity contribution in [2.24, 2.45) is 0 Å². The lowest BCUT2D eigenvalue weighted by Crippen LogP contribution is -2.54. The molecule has 3 atom stereocenters. The maximum atomic E-state index is 13.6. The van der Waals surface area contributed by atoms with E-state index >= 15 is 0 Å². The first-order chi connectivity index (χ1) is 19.7. The minimum absolute atomic E-state index is 0.0415. The quantitative estimate of drug-likeness (QED) is 0.487. The van der Waals surface area contributed by atoms with E-state index in [2.05, 4.69) is 14.9 Å². The lowest BCUT2D eigenvalue weighted by atomic mass is 9.94. The summed E-state index contributed by atoms with van der Waals surface area (Å²) in [5.41, 5.74) is 0.363. The number of hydrogen-bond acceptors (Lipinski definition) is 7. The van der Waals surface area contributed by atoms with E-state index in [9.17, 15) is 22.4 Å². The number of nitrogens with zero attached hydrogens (tertiary/aromatic N) is 2. The molecule has 3 aliphatic heterocycles. The molecule has 0 bridgehead atoms. The number of halogens is 1. The molecule has 41 heavy (non-hydrogen) atoms. The van der Waals surface area contributed by atoms with Gasteiger partial charge in [-0.3, -0.25) is 14.3 Å². The summed E-state index contributed by atoms with van der Waals surface area (Å²) in [4.78, 5) is 29.8. The zero-order valence-electron chi connectivity index (χ0n) is 23.2. The SMILES string of the molecule is CN1C(=O)c2cc(NS(=O)(=O)c3cccc(F)c3)ccc2OC[C@@H]2O[C@H](CC(=O)NCCN3CCCCC3)CC[C@H]21. The number of nitrogens with one attached hydrogen (secondary N) is 2. The Balaban J connectivity index is 1.20. The molecule has 2 aromatic rings. The van der Waals surface area contributed by atoms with Gasteiger partial charge in [-0.25, -0.2) is 12.8 Å². The average Bonchev–Trinajstić information content (AvgIpc) is 2.95. The predicted molar refractivity (Wildman–Crippen MR) is 151 cm³/mol. The summed E-state index contributed by atoms with van der Waals surface area (Å²) in [5.74, 6) is -0.745. The number of anilines is 1. The van der Waals surface area contributed by atoms with Gasteiger partial charge in [0.25, 0.3) is 15.9 Å². The van der Waals surface area contributed by atoms with E-state index in [4.69, 9.17) is 9.47 Å². The van der Waals surface area contributed by atoms with Crippen molar-refractivity contribution in [3.63, 3.8) is 0 Å². The van der Waals surface area contributed by atoms with Gasteiger partial charge in [-0.1, -0.05) is 12.5 Å². The van der Waals surface area contributed by atoms with E-state index in [1.807, 2.05) is 0 Å². The van der Waals surface area contributed by atoms with Crippen molar-refractivity contribution in [2.75, 3.05) is 44.6 Å². The third-order valence-corrected chi connectivity index (χ3v) is 9.36. The fraction of sp³-hybridized carbons (Fsp3) is 0.517. The first kappa shape index (κ1) is 29.3. The van der Waals surface area contributed by atoms with Crippen LogP contribution in [0.4, 0.5) is 10.1 Å². The lowest BCUT2D eigenvalue weighted by Gasteiger charge is -2.42. The monoisotopic (exact) mass is 588 g/mol. The van der Waals surface area contributed by atoms with Crippen molar-refractivity contribution in [3.05, 3.63) is 53.8 Å². The Morgan fingerprint density at radius 2 is 1.90 bits per heavy atom. The van der Waals surface area contributed by atoms with Crippen LogP contribution in [0.2, 0.25) is 0 Å². The maximum absolute atomic E-state index is 13.6. The summed E-state index contributed by atoms with van der Waals surface area (Å²) in [6.07, 6.45) is 4.55. The van der Waals surface area contributed by atoms with E-state index in [0.29, 0.717) is 25.1 Å². The highest BCUT2D eigenvalue weighted by Crippen LogP contribution is 2.33. The van der Waals surface area contributed by atoms with Crippen LogP contribution in [-0.4, -0.2) is 88.1 Å². The van der Waals surface area contributed by atoms with Crippen LogP contribution in [0.15, 0.2) is 47.4 Å². The van der Waals surface area contributed by atoms with Gasteiger partial charge >= 0.3 is 0 Å². The van der Waals surface area contributed by atoms with Crippen molar-refractivity contribution in [2.45, 2.75) is 61.7 Å². The molecule has 5 rings (SSSR count). The highest BCUT2D eigenvalue weighted by molar-refractivity contribution is 7.92. The highest BCUT2D eigenvalue weighted by Gasteiger charge is 2.39. The van der Waals surface area contributed by atoms with Gasteiger partial charge in [0, 0.05) is 25.8 Å². The number of likely N-dealkylation sites (N-methyl/N-ethyl adjacent to an activating group) is 1. The number of sulfonamides is 1. The number of benzene rings is 2. The van der Waals surface area contributed by atoms with Crippen LogP contribution in [0.3, 0.4) is 0 Å². The molecule has 2 N–H and O–H groups in total. The fourth-order valence-corrected chi connectivity index (χ4v) is 6.84. The van der Waals surface area contributed by atoms with Crippen molar-refractivity contribution in [1.29, 1.82) is 0 Å². The third kappa shape index (κ3) is 7.17. The summed E-state index contributed by atoms with van der Waals surface area (Å²) in [5, 5.41) is 3.01. The number of hydrogen-bond donors (Lipinski definition) is 2. The molecular formula is C29H37FN4O6S. The lowest BCUT2D eigenvalue weighted by molar-refractivity contribution is -0.134. The number of piperidine rings is 1. The van der Waals surface area contributed by atoms with Crippen molar-refractivity contribution in [3.8, 4) is 5.75 Å². The fourth-order valence-electron chi connectivity index (χ4n) is 5.75. The summed E-state index contributed by atoms with van der Waals surface area (Å²) in [7, 11) is -2.38. The van der Waals surface area contributed by atoms with Gasteiger partial charge in [-0.15, -0.1) is 0 Å². The van der Waals surface area contributed by atoms with Gasteiger partial charge in [0.05, 0.1) is 29.0 Å². The normalized spacial score (nSPS) is 23.4. The van der Waals surface area contributed by atoms with E-state index in [0.717, 1.165) is 31.8 Å². The maximum Gasteiger partial charge on any atom is 0.261 e. The van der Waals surface area contributed by atoms with E-state index in [-0.39, 0.29) is 53.1 Å². The molecule has 3 aliphatic rings. The van der Waals surface area contributed by atoms with Crippen LogP contribution in [-0.2, 0) is 19.6 Å². The zero-order chi connectivity index (χ0) is 29.0. The summed E-state index contributed by atoms with van der Waals surface area (Å²) in [6, 6.07) is 8.86. The number of ether oxygens (including phenoxy) is 2. The molecule has 0 radical (unpaired) electrons. The average molecular weight is 589 g/mol. The molecule has 2 amide bonds. The van der Waals surface area contributed by atoms with Crippen molar-refractivity contribution >= 4 is 27.5 Å². The molecule has 12 heteroatoms. The number of amides is 2. The molecule has 0 saturated carbocycles. The van der Waals surface area contributed by atoms with E-state index in [1.54, 1.807) is 11.9 Å². The van der Waals surface area contributed by atoms with Gasteiger partial charge < -0.3 is 24.6 Å². The molecular weight excluding hydrogens is 551 g/mol. The van der Waals surface area contributed by atoms with Gasteiger partial charge in [0.2, 0.25) is 5.91 Å². The second-order valence-electron chi connectivity index (χ2n) is 10.9. The number of carbonyl (C=O) groups is 2. The van der Waals surface area contributed by atoms with E-state index < -0.39 is 21.9 Å². The summed E-state index contributed by atoms with van der Waals surface area (Å²) < 4.78 is 53.8. The Morgan fingerprint density at radius 1 is 1.10 bits per heavy atom. The molecule has 2 saturated heterocycles. The minimum atomic E-state index is -4.07.